The summed E-state index contributed by atoms with van der Waals surface area (Å²) in [5.41, 5.74) is 3.76. The lowest BCUT2D eigenvalue weighted by Gasteiger charge is -2.24. The van der Waals surface area contributed by atoms with Gasteiger partial charge in [0, 0.05) is 17.1 Å². The maximum absolute atomic E-state index is 4.46. The van der Waals surface area contributed by atoms with E-state index in [9.17, 15) is 0 Å². The second-order valence-electron chi connectivity index (χ2n) is 5.39. The second kappa shape index (κ2) is 5.15. The van der Waals surface area contributed by atoms with Gasteiger partial charge in [-0.2, -0.15) is 0 Å². The van der Waals surface area contributed by atoms with Crippen LogP contribution in [0.4, 0.5) is 0 Å². The largest absolute Gasteiger partial charge is 1.00 e. The van der Waals surface area contributed by atoms with Gasteiger partial charge in [0.1, 0.15) is 6.54 Å². The SMILES string of the molecule is Cc1ccc(C[N+](C)(C)C)c2cccnc12.[Br-]. The third-order valence-corrected chi connectivity index (χ3v) is 2.71. The zero-order valence-corrected chi connectivity index (χ0v) is 12.5. The number of hydrogen-bond acceptors (Lipinski definition) is 1. The molecular formula is C14H19BrN2. The molecule has 0 amide bonds. The Morgan fingerprint density at radius 1 is 1.12 bits per heavy atom. The van der Waals surface area contributed by atoms with Crippen molar-refractivity contribution < 1.29 is 21.5 Å². The van der Waals surface area contributed by atoms with Crippen LogP contribution in [0.2, 0.25) is 0 Å². The van der Waals surface area contributed by atoms with E-state index in [0.29, 0.717) is 0 Å². The molecule has 0 aliphatic carbocycles. The van der Waals surface area contributed by atoms with Gasteiger partial charge in [0.25, 0.3) is 0 Å². The van der Waals surface area contributed by atoms with Gasteiger partial charge in [-0.25, -0.2) is 0 Å². The summed E-state index contributed by atoms with van der Waals surface area (Å²) in [6.07, 6.45) is 1.87. The van der Waals surface area contributed by atoms with Crippen molar-refractivity contribution in [3.05, 3.63) is 41.6 Å². The number of fused-ring (bicyclic) bond motifs is 1. The zero-order valence-electron chi connectivity index (χ0n) is 10.9. The Hall–Kier alpha value is -0.930. The van der Waals surface area contributed by atoms with E-state index in [-0.39, 0.29) is 17.0 Å². The fourth-order valence-electron chi connectivity index (χ4n) is 2.02. The van der Waals surface area contributed by atoms with E-state index in [0.717, 1.165) is 16.5 Å². The molecule has 0 unspecified atom stereocenters. The van der Waals surface area contributed by atoms with Crippen molar-refractivity contribution in [2.45, 2.75) is 13.5 Å². The number of nitrogens with zero attached hydrogens (tertiary/aromatic N) is 2. The summed E-state index contributed by atoms with van der Waals surface area (Å²) in [4.78, 5) is 4.46. The lowest BCUT2D eigenvalue weighted by Crippen LogP contribution is -3.00. The number of aromatic nitrogens is 1. The maximum Gasteiger partial charge on any atom is 0.104 e. The van der Waals surface area contributed by atoms with Crippen LogP contribution >= 0.6 is 0 Å². The highest BCUT2D eigenvalue weighted by molar-refractivity contribution is 5.84. The summed E-state index contributed by atoms with van der Waals surface area (Å²) in [6, 6.07) is 8.57. The van der Waals surface area contributed by atoms with Gasteiger partial charge in [-0.05, 0) is 18.6 Å². The standard InChI is InChI=1S/C14H19N2.BrH/c1-11-7-8-12(10-16(2,3)4)13-6-5-9-15-14(11)13;/h5-9H,10H2,1-4H3;1H/q+1;/p-1. The van der Waals surface area contributed by atoms with Crippen LogP contribution in [0, 0.1) is 6.92 Å². The fourth-order valence-corrected chi connectivity index (χ4v) is 2.02. The Morgan fingerprint density at radius 2 is 1.82 bits per heavy atom. The van der Waals surface area contributed by atoms with Crippen LogP contribution in [0.3, 0.4) is 0 Å². The minimum Gasteiger partial charge on any atom is -1.00 e. The van der Waals surface area contributed by atoms with Crippen molar-refractivity contribution in [1.82, 2.24) is 4.98 Å². The Kier molecular flexibility index (Phi) is 4.28. The van der Waals surface area contributed by atoms with Crippen LogP contribution < -0.4 is 17.0 Å². The molecule has 2 nitrogen and oxygen atoms in total. The molecule has 92 valence electrons. The quantitative estimate of drug-likeness (QED) is 0.697. The number of pyridine rings is 1. The average molecular weight is 295 g/mol. The molecule has 0 fully saturated rings. The van der Waals surface area contributed by atoms with Crippen LogP contribution in [0.25, 0.3) is 10.9 Å². The molecule has 1 aromatic heterocycles. The molecule has 2 aromatic rings. The number of hydrogen-bond donors (Lipinski definition) is 0. The van der Waals surface area contributed by atoms with Gasteiger partial charge < -0.3 is 21.5 Å². The molecule has 0 bridgehead atoms. The molecule has 0 spiro atoms. The van der Waals surface area contributed by atoms with Crippen molar-refractivity contribution in [3.63, 3.8) is 0 Å². The number of rotatable bonds is 2. The average Bonchev–Trinajstić information content (AvgIpc) is 2.21. The molecule has 0 N–H and O–H groups in total. The molecule has 1 aromatic carbocycles. The molecule has 0 atom stereocenters. The first kappa shape index (κ1) is 14.1. The molecule has 0 aliphatic heterocycles. The van der Waals surface area contributed by atoms with E-state index in [2.05, 4.69) is 51.2 Å². The van der Waals surface area contributed by atoms with Crippen LogP contribution in [-0.2, 0) is 6.54 Å². The van der Waals surface area contributed by atoms with Crippen LogP contribution in [-0.4, -0.2) is 30.6 Å². The summed E-state index contributed by atoms with van der Waals surface area (Å²) >= 11 is 0. The highest BCUT2D eigenvalue weighted by Crippen LogP contribution is 2.22. The predicted molar refractivity (Wildman–Crippen MR) is 68.2 cm³/mol. The molecule has 0 aliphatic rings. The van der Waals surface area contributed by atoms with Crippen LogP contribution in [0.5, 0.6) is 0 Å². The van der Waals surface area contributed by atoms with E-state index in [1.54, 1.807) is 0 Å². The lowest BCUT2D eigenvalue weighted by atomic mass is 10.0. The van der Waals surface area contributed by atoms with E-state index in [1.165, 1.54) is 16.5 Å². The summed E-state index contributed by atoms with van der Waals surface area (Å²) in [5, 5.41) is 1.29. The monoisotopic (exact) mass is 294 g/mol. The number of halogens is 1. The molecular weight excluding hydrogens is 276 g/mol. The van der Waals surface area contributed by atoms with Gasteiger partial charge in [0.05, 0.1) is 26.7 Å². The highest BCUT2D eigenvalue weighted by Gasteiger charge is 2.12. The summed E-state index contributed by atoms with van der Waals surface area (Å²) < 4.78 is 0.938. The van der Waals surface area contributed by atoms with E-state index >= 15 is 0 Å². The van der Waals surface area contributed by atoms with Gasteiger partial charge in [-0.1, -0.05) is 18.2 Å². The van der Waals surface area contributed by atoms with Gasteiger partial charge in [0.2, 0.25) is 0 Å². The Balaban J connectivity index is 0.00000144. The van der Waals surface area contributed by atoms with Crippen molar-refractivity contribution >= 4 is 10.9 Å². The Bertz CT molecular complexity index is 515. The Morgan fingerprint density at radius 3 is 2.47 bits per heavy atom. The smallest absolute Gasteiger partial charge is 0.104 e. The van der Waals surface area contributed by atoms with E-state index in [1.807, 2.05) is 12.3 Å². The molecule has 2 rings (SSSR count). The predicted octanol–water partition coefficient (Wildman–Crippen LogP) is -0.247. The number of aryl methyl sites for hydroxylation is 1. The van der Waals surface area contributed by atoms with Crippen molar-refractivity contribution in [2.75, 3.05) is 21.1 Å². The normalized spacial score (nSPS) is 11.3. The topological polar surface area (TPSA) is 12.9 Å². The molecule has 17 heavy (non-hydrogen) atoms. The second-order valence-corrected chi connectivity index (χ2v) is 5.39. The maximum atomic E-state index is 4.46. The van der Waals surface area contributed by atoms with Crippen LogP contribution in [0.1, 0.15) is 11.1 Å². The first-order valence-electron chi connectivity index (χ1n) is 5.61. The summed E-state index contributed by atoms with van der Waals surface area (Å²) in [7, 11) is 6.63. The van der Waals surface area contributed by atoms with Gasteiger partial charge >= 0.3 is 0 Å². The number of quaternary nitrogens is 1. The molecule has 1 heterocycles. The fraction of sp³-hybridized carbons (Fsp3) is 0.357. The first-order valence-corrected chi connectivity index (χ1v) is 5.61. The minimum atomic E-state index is 0. The first-order chi connectivity index (χ1) is 7.47. The lowest BCUT2D eigenvalue weighted by molar-refractivity contribution is -0.883. The van der Waals surface area contributed by atoms with Gasteiger partial charge in [-0.3, -0.25) is 4.98 Å². The van der Waals surface area contributed by atoms with Gasteiger partial charge in [0.15, 0.2) is 0 Å². The third kappa shape index (κ3) is 3.27. The van der Waals surface area contributed by atoms with Crippen molar-refractivity contribution in [3.8, 4) is 0 Å². The van der Waals surface area contributed by atoms with E-state index < -0.39 is 0 Å². The summed E-state index contributed by atoms with van der Waals surface area (Å²) in [6.45, 7) is 3.15. The van der Waals surface area contributed by atoms with Crippen molar-refractivity contribution in [1.29, 1.82) is 0 Å². The van der Waals surface area contributed by atoms with Crippen molar-refractivity contribution in [2.24, 2.45) is 0 Å². The molecule has 0 saturated carbocycles. The minimum absolute atomic E-state index is 0. The zero-order chi connectivity index (χ0) is 11.8. The highest BCUT2D eigenvalue weighted by atomic mass is 79.9. The number of benzene rings is 1. The van der Waals surface area contributed by atoms with Gasteiger partial charge in [-0.15, -0.1) is 0 Å². The summed E-state index contributed by atoms with van der Waals surface area (Å²) in [5.74, 6) is 0. The Labute approximate surface area is 114 Å². The third-order valence-electron chi connectivity index (χ3n) is 2.71. The molecule has 3 heteroatoms. The van der Waals surface area contributed by atoms with Crippen LogP contribution in [0.15, 0.2) is 30.5 Å². The van der Waals surface area contributed by atoms with E-state index in [4.69, 9.17) is 0 Å². The molecule has 0 radical (unpaired) electrons. The molecule has 0 saturated heterocycles.